The molecule has 2 rings (SSSR count). The first-order valence-corrected chi connectivity index (χ1v) is 6.57. The van der Waals surface area contributed by atoms with Crippen LogP contribution in [0.1, 0.15) is 11.8 Å². The summed E-state index contributed by atoms with van der Waals surface area (Å²) in [5.74, 6) is 1.14. The molecule has 2 aromatic rings. The maximum Gasteiger partial charge on any atom is 0.242 e. The van der Waals surface area contributed by atoms with E-state index in [1.165, 1.54) is 11.2 Å². The minimum atomic E-state index is 0.445. The second-order valence-electron chi connectivity index (χ2n) is 3.78. The molecule has 0 aromatic carbocycles. The van der Waals surface area contributed by atoms with Gasteiger partial charge in [-0.2, -0.15) is 4.98 Å². The zero-order valence-corrected chi connectivity index (χ0v) is 11.3. The van der Waals surface area contributed by atoms with Gasteiger partial charge in [-0.1, -0.05) is 6.07 Å². The van der Waals surface area contributed by atoms with Crippen LogP contribution in [-0.4, -0.2) is 23.6 Å². The summed E-state index contributed by atoms with van der Waals surface area (Å²) >= 11 is 1.71. The van der Waals surface area contributed by atoms with Crippen molar-refractivity contribution < 1.29 is 4.74 Å². The van der Waals surface area contributed by atoms with Crippen molar-refractivity contribution in [3.8, 4) is 5.88 Å². The Morgan fingerprint density at radius 1 is 1.44 bits per heavy atom. The third-order valence-electron chi connectivity index (χ3n) is 2.44. The van der Waals surface area contributed by atoms with E-state index < -0.39 is 0 Å². The second-order valence-corrected chi connectivity index (χ2v) is 4.82. The highest BCUT2D eigenvalue weighted by Crippen LogP contribution is 2.28. The van der Waals surface area contributed by atoms with Crippen molar-refractivity contribution in [2.75, 3.05) is 24.3 Å². The van der Waals surface area contributed by atoms with E-state index in [4.69, 9.17) is 10.5 Å². The first kappa shape index (κ1) is 12.6. The molecule has 0 aliphatic carbocycles. The molecule has 0 aliphatic heterocycles. The van der Waals surface area contributed by atoms with Crippen molar-refractivity contribution >= 4 is 22.8 Å². The smallest absolute Gasteiger partial charge is 0.242 e. The predicted molar refractivity (Wildman–Crippen MR) is 74.0 cm³/mol. The molecule has 6 heteroatoms. The topological polar surface area (TPSA) is 64.3 Å². The molecule has 0 atom stereocenters. The summed E-state index contributed by atoms with van der Waals surface area (Å²) in [7, 11) is 1.95. The summed E-state index contributed by atoms with van der Waals surface area (Å²) in [6.45, 7) is 3.20. The molecule has 0 bridgehead atoms. The molecule has 0 fully saturated rings. The molecule has 0 spiro atoms. The van der Waals surface area contributed by atoms with Gasteiger partial charge in [0.25, 0.3) is 0 Å². The van der Waals surface area contributed by atoms with Gasteiger partial charge in [-0.15, -0.1) is 11.3 Å². The van der Waals surface area contributed by atoms with E-state index >= 15 is 0 Å². The normalized spacial score (nSPS) is 10.3. The summed E-state index contributed by atoms with van der Waals surface area (Å²) < 4.78 is 5.36. The van der Waals surface area contributed by atoms with E-state index in [1.54, 1.807) is 11.3 Å². The van der Waals surface area contributed by atoms with Crippen LogP contribution in [0.4, 0.5) is 11.5 Å². The van der Waals surface area contributed by atoms with Crippen LogP contribution in [0, 0.1) is 0 Å². The number of thiophene rings is 1. The summed E-state index contributed by atoms with van der Waals surface area (Å²) in [6, 6.07) is 4.12. The number of aromatic nitrogens is 2. The molecular weight excluding hydrogens is 248 g/mol. The van der Waals surface area contributed by atoms with Crippen LogP contribution in [0.15, 0.2) is 23.8 Å². The average Bonchev–Trinajstić information content (AvgIpc) is 2.85. The zero-order chi connectivity index (χ0) is 13.0. The maximum atomic E-state index is 6.01. The molecule has 18 heavy (non-hydrogen) atoms. The van der Waals surface area contributed by atoms with Crippen molar-refractivity contribution in [3.63, 3.8) is 0 Å². The van der Waals surface area contributed by atoms with E-state index in [0.717, 1.165) is 6.54 Å². The number of hydrogen-bond donors (Lipinski definition) is 1. The first-order chi connectivity index (χ1) is 8.72. The molecule has 0 saturated carbocycles. The van der Waals surface area contributed by atoms with Gasteiger partial charge in [-0.3, -0.25) is 0 Å². The van der Waals surface area contributed by atoms with Gasteiger partial charge < -0.3 is 15.4 Å². The van der Waals surface area contributed by atoms with E-state index in [2.05, 4.69) is 21.4 Å². The zero-order valence-electron chi connectivity index (χ0n) is 10.5. The van der Waals surface area contributed by atoms with Gasteiger partial charge in [0.1, 0.15) is 12.0 Å². The van der Waals surface area contributed by atoms with Crippen LogP contribution in [0.5, 0.6) is 5.88 Å². The van der Waals surface area contributed by atoms with Crippen molar-refractivity contribution in [2.45, 2.75) is 13.5 Å². The highest BCUT2D eigenvalue weighted by molar-refractivity contribution is 7.09. The fourth-order valence-corrected chi connectivity index (χ4v) is 2.40. The van der Waals surface area contributed by atoms with Crippen LogP contribution in [0.2, 0.25) is 0 Å². The molecule has 0 amide bonds. The number of hydrogen-bond acceptors (Lipinski definition) is 6. The lowest BCUT2D eigenvalue weighted by molar-refractivity contribution is 0.328. The van der Waals surface area contributed by atoms with Crippen LogP contribution in [0.3, 0.4) is 0 Å². The highest BCUT2D eigenvalue weighted by atomic mass is 32.1. The Morgan fingerprint density at radius 3 is 2.94 bits per heavy atom. The van der Waals surface area contributed by atoms with Gasteiger partial charge in [0.2, 0.25) is 5.88 Å². The molecule has 96 valence electrons. The Bertz CT molecular complexity index is 501. The van der Waals surface area contributed by atoms with Crippen LogP contribution in [-0.2, 0) is 6.54 Å². The summed E-state index contributed by atoms with van der Waals surface area (Å²) in [4.78, 5) is 11.5. The largest absolute Gasteiger partial charge is 0.476 e. The fraction of sp³-hybridized carbons (Fsp3) is 0.333. The minimum absolute atomic E-state index is 0.445. The molecule has 2 aromatic heterocycles. The Hall–Kier alpha value is -1.82. The monoisotopic (exact) mass is 264 g/mol. The molecule has 0 saturated heterocycles. The van der Waals surface area contributed by atoms with Gasteiger partial charge in [0, 0.05) is 11.9 Å². The Kier molecular flexibility index (Phi) is 3.99. The standard InChI is InChI=1S/C12H16N4OS/c1-3-17-12-10(13)11(14-8-15-12)16(2)7-9-5-4-6-18-9/h4-6,8H,3,7,13H2,1-2H3. The number of rotatable bonds is 5. The fourth-order valence-electron chi connectivity index (χ4n) is 1.64. The number of anilines is 2. The van der Waals surface area contributed by atoms with Crippen LogP contribution >= 0.6 is 11.3 Å². The summed E-state index contributed by atoms with van der Waals surface area (Å²) in [5.41, 5.74) is 6.50. The van der Waals surface area contributed by atoms with Crippen LogP contribution < -0.4 is 15.4 Å². The van der Waals surface area contributed by atoms with Gasteiger partial charge in [-0.25, -0.2) is 4.98 Å². The van der Waals surface area contributed by atoms with Crippen molar-refractivity contribution in [1.82, 2.24) is 9.97 Å². The Balaban J connectivity index is 2.19. The second kappa shape index (κ2) is 5.68. The lowest BCUT2D eigenvalue weighted by Gasteiger charge is -2.19. The maximum absolute atomic E-state index is 6.01. The van der Waals surface area contributed by atoms with Gasteiger partial charge in [0.05, 0.1) is 13.2 Å². The molecular formula is C12H16N4OS. The Morgan fingerprint density at radius 2 is 2.28 bits per heavy atom. The quantitative estimate of drug-likeness (QED) is 0.896. The van der Waals surface area contributed by atoms with Gasteiger partial charge in [-0.05, 0) is 18.4 Å². The van der Waals surface area contributed by atoms with Crippen molar-refractivity contribution in [3.05, 3.63) is 28.7 Å². The number of nitrogen functional groups attached to an aromatic ring is 1. The first-order valence-electron chi connectivity index (χ1n) is 5.69. The minimum Gasteiger partial charge on any atom is -0.476 e. The van der Waals surface area contributed by atoms with Crippen LogP contribution in [0.25, 0.3) is 0 Å². The summed E-state index contributed by atoms with van der Waals surface area (Å²) in [5, 5.41) is 2.05. The molecule has 2 heterocycles. The third kappa shape index (κ3) is 2.70. The van der Waals surface area contributed by atoms with E-state index in [1.807, 2.05) is 24.9 Å². The van der Waals surface area contributed by atoms with Gasteiger partial charge in [0.15, 0.2) is 5.82 Å². The average molecular weight is 264 g/mol. The molecule has 0 radical (unpaired) electrons. The van der Waals surface area contributed by atoms with Crippen molar-refractivity contribution in [2.24, 2.45) is 0 Å². The Labute approximate surface area is 110 Å². The van der Waals surface area contributed by atoms with Gasteiger partial charge >= 0.3 is 0 Å². The lowest BCUT2D eigenvalue weighted by Crippen LogP contribution is -2.19. The SMILES string of the molecule is CCOc1ncnc(N(C)Cc2cccs2)c1N. The van der Waals surface area contributed by atoms with Crippen molar-refractivity contribution in [1.29, 1.82) is 0 Å². The predicted octanol–water partition coefficient (Wildman–Crippen LogP) is 2.16. The third-order valence-corrected chi connectivity index (χ3v) is 3.30. The van der Waals surface area contributed by atoms with E-state index in [0.29, 0.717) is 24.0 Å². The number of nitrogens with zero attached hydrogens (tertiary/aromatic N) is 3. The molecule has 5 nitrogen and oxygen atoms in total. The number of nitrogens with two attached hydrogens (primary N) is 1. The highest BCUT2D eigenvalue weighted by Gasteiger charge is 2.13. The lowest BCUT2D eigenvalue weighted by atomic mass is 10.4. The van der Waals surface area contributed by atoms with E-state index in [9.17, 15) is 0 Å². The molecule has 0 unspecified atom stereocenters. The number of ether oxygens (including phenoxy) is 1. The molecule has 0 aliphatic rings. The molecule has 2 N–H and O–H groups in total. The van der Waals surface area contributed by atoms with E-state index in [-0.39, 0.29) is 0 Å². The summed E-state index contributed by atoms with van der Waals surface area (Å²) in [6.07, 6.45) is 1.47.